The molecule has 0 aliphatic heterocycles. The largest absolute Gasteiger partial charge is 0.480 e. The zero-order chi connectivity index (χ0) is 28.8. The van der Waals surface area contributed by atoms with Gasteiger partial charge in [-0.2, -0.15) is 0 Å². The predicted molar refractivity (Wildman–Crippen MR) is 159 cm³/mol. The minimum atomic E-state index is -1.14. The first-order chi connectivity index (χ1) is 19.0. The minimum Gasteiger partial charge on any atom is -0.480 e. The van der Waals surface area contributed by atoms with Crippen LogP contribution in [0.25, 0.3) is 0 Å². The second-order valence-electron chi connectivity index (χ2n) is 8.69. The molecule has 0 aromatic heterocycles. The third-order valence-electron chi connectivity index (χ3n) is 5.32. The first kappa shape index (κ1) is 35.3. The number of hydrogen-bond acceptors (Lipinski definition) is 4. The number of hydrogen-bond donors (Lipinski definition) is 3. The van der Waals surface area contributed by atoms with E-state index in [1.54, 1.807) is 0 Å². The Balaban J connectivity index is 3.79. The Bertz CT molecular complexity index is 894. The van der Waals surface area contributed by atoms with Crippen LogP contribution >= 0.6 is 0 Å². The van der Waals surface area contributed by atoms with Crippen molar-refractivity contribution in [3.8, 4) is 0 Å². The average molecular weight is 539 g/mol. The van der Waals surface area contributed by atoms with E-state index in [4.69, 9.17) is 0 Å². The number of allylic oxidation sites excluding steroid dienone is 13. The predicted octanol–water partition coefficient (Wildman–Crippen LogP) is 6.08. The fourth-order valence-corrected chi connectivity index (χ4v) is 3.25. The second-order valence-corrected chi connectivity index (χ2v) is 8.69. The van der Waals surface area contributed by atoms with E-state index >= 15 is 0 Å². The molecule has 3 N–H and O–H groups in total. The Morgan fingerprint density at radius 2 is 1.26 bits per heavy atom. The lowest BCUT2D eigenvalue weighted by Gasteiger charge is -2.13. The van der Waals surface area contributed by atoms with E-state index in [0.717, 1.165) is 50.7 Å². The summed E-state index contributed by atoms with van der Waals surface area (Å²) in [4.78, 5) is 44.9. The minimum absolute atomic E-state index is 0.0448. The molecule has 39 heavy (non-hydrogen) atoms. The van der Waals surface area contributed by atoms with Crippen molar-refractivity contribution < 1.29 is 24.3 Å². The summed E-state index contributed by atoms with van der Waals surface area (Å²) in [6.45, 7) is 2.59. The van der Waals surface area contributed by atoms with Gasteiger partial charge in [-0.3, -0.25) is 14.4 Å². The third-order valence-corrected chi connectivity index (χ3v) is 5.32. The van der Waals surface area contributed by atoms with Gasteiger partial charge in [-0.05, 0) is 70.3 Å². The van der Waals surface area contributed by atoms with Gasteiger partial charge in [0.05, 0.1) is 0 Å². The Labute approximate surface area is 234 Å². The maximum atomic E-state index is 11.9. The van der Waals surface area contributed by atoms with Gasteiger partial charge < -0.3 is 15.7 Å². The van der Waals surface area contributed by atoms with Crippen molar-refractivity contribution >= 4 is 24.1 Å². The van der Waals surface area contributed by atoms with Gasteiger partial charge in [0.15, 0.2) is 0 Å². The van der Waals surface area contributed by atoms with E-state index in [-0.39, 0.29) is 12.3 Å². The van der Waals surface area contributed by atoms with Crippen LogP contribution in [0.1, 0.15) is 77.6 Å². The molecule has 0 aliphatic carbocycles. The number of rotatable bonds is 23. The molecule has 0 saturated heterocycles. The quantitative estimate of drug-likeness (QED) is 0.0632. The standard InChI is InChI=1S/C32H46N2O5/c1-2-3-4-5-6-7-8-9-10-11-12-13-14-15-16-17-18-19-20-25-30(36)33-27-22-21-24-29(32(38)39)34-31(37)26-23-28-35/h3-4,6-7,9-10,12-13,15-16,18-19,23,26,28-29H,2,5,8,11,14,17,20-22,24-25,27H2,1H3,(H,33,36)(H,34,37)(H,38,39)/b4-3-,7-6-,10-9-,13-12-,16-15-,19-18-,26-23+/t29-/m0/s1. The number of unbranched alkanes of at least 4 members (excludes halogenated alkanes) is 1. The van der Waals surface area contributed by atoms with E-state index in [1.807, 2.05) is 12.2 Å². The molecule has 0 unspecified atom stereocenters. The van der Waals surface area contributed by atoms with Crippen molar-refractivity contribution in [1.29, 1.82) is 0 Å². The summed E-state index contributed by atoms with van der Waals surface area (Å²) in [6, 6.07) is -1.03. The van der Waals surface area contributed by atoms with Gasteiger partial charge >= 0.3 is 5.97 Å². The van der Waals surface area contributed by atoms with Crippen LogP contribution in [0.3, 0.4) is 0 Å². The Kier molecular flexibility index (Phi) is 24.7. The maximum Gasteiger partial charge on any atom is 0.326 e. The zero-order valence-electron chi connectivity index (χ0n) is 23.3. The first-order valence-corrected chi connectivity index (χ1v) is 13.8. The van der Waals surface area contributed by atoms with Crippen LogP contribution in [-0.4, -0.2) is 41.8 Å². The van der Waals surface area contributed by atoms with E-state index < -0.39 is 17.9 Å². The van der Waals surface area contributed by atoms with E-state index in [9.17, 15) is 24.3 Å². The number of carboxylic acids is 1. The van der Waals surface area contributed by atoms with Crippen LogP contribution in [0.5, 0.6) is 0 Å². The molecule has 0 radical (unpaired) electrons. The smallest absolute Gasteiger partial charge is 0.326 e. The summed E-state index contributed by atoms with van der Waals surface area (Å²) in [5.41, 5.74) is 0. The number of carboxylic acid groups (broad SMARTS) is 1. The van der Waals surface area contributed by atoms with Crippen LogP contribution in [-0.2, 0) is 19.2 Å². The van der Waals surface area contributed by atoms with E-state index in [1.165, 1.54) is 0 Å². The average Bonchev–Trinajstić information content (AvgIpc) is 2.92. The van der Waals surface area contributed by atoms with Crippen molar-refractivity contribution in [3.05, 3.63) is 85.1 Å². The second kappa shape index (κ2) is 27.3. The highest BCUT2D eigenvalue weighted by Gasteiger charge is 2.18. The number of aliphatic carboxylic acids is 1. The lowest BCUT2D eigenvalue weighted by atomic mass is 10.1. The summed E-state index contributed by atoms with van der Waals surface area (Å²) in [5.74, 6) is -1.81. The molecule has 7 nitrogen and oxygen atoms in total. The topological polar surface area (TPSA) is 113 Å². The van der Waals surface area contributed by atoms with Crippen molar-refractivity contribution in [1.82, 2.24) is 10.6 Å². The van der Waals surface area contributed by atoms with Gasteiger partial charge in [-0.1, -0.05) is 79.8 Å². The van der Waals surface area contributed by atoms with Crippen LogP contribution in [0.4, 0.5) is 0 Å². The van der Waals surface area contributed by atoms with Gasteiger partial charge in [0, 0.05) is 19.0 Å². The lowest BCUT2D eigenvalue weighted by Crippen LogP contribution is -2.40. The van der Waals surface area contributed by atoms with Crippen molar-refractivity contribution in [3.63, 3.8) is 0 Å². The molecular weight excluding hydrogens is 492 g/mol. The monoisotopic (exact) mass is 538 g/mol. The van der Waals surface area contributed by atoms with Crippen LogP contribution in [0, 0.1) is 0 Å². The molecule has 7 heteroatoms. The van der Waals surface area contributed by atoms with Crippen LogP contribution in [0.2, 0.25) is 0 Å². The fourth-order valence-electron chi connectivity index (χ4n) is 3.25. The molecule has 0 bridgehead atoms. The Morgan fingerprint density at radius 1 is 0.744 bits per heavy atom. The molecule has 0 aromatic rings. The molecule has 0 aromatic carbocycles. The molecule has 2 amide bonds. The number of amides is 2. The summed E-state index contributed by atoms with van der Waals surface area (Å²) in [6.07, 6.45) is 36.4. The molecule has 0 spiro atoms. The summed E-state index contributed by atoms with van der Waals surface area (Å²) in [5, 5.41) is 14.3. The summed E-state index contributed by atoms with van der Waals surface area (Å²) >= 11 is 0. The van der Waals surface area contributed by atoms with Crippen molar-refractivity contribution in [2.75, 3.05) is 6.54 Å². The molecule has 0 rings (SSSR count). The highest BCUT2D eigenvalue weighted by atomic mass is 16.4. The molecule has 0 fully saturated rings. The van der Waals surface area contributed by atoms with Crippen molar-refractivity contribution in [2.45, 2.75) is 83.6 Å². The molecule has 0 aliphatic rings. The Hall–Kier alpha value is -3.74. The first-order valence-electron chi connectivity index (χ1n) is 13.8. The van der Waals surface area contributed by atoms with Gasteiger partial charge in [0.1, 0.15) is 12.3 Å². The molecule has 1 atom stereocenters. The fraction of sp³-hybridized carbons (Fsp3) is 0.438. The van der Waals surface area contributed by atoms with Gasteiger partial charge in [0.25, 0.3) is 0 Å². The van der Waals surface area contributed by atoms with E-state index in [0.29, 0.717) is 38.5 Å². The SMILES string of the molecule is CC/C=C\C/C=C\C/C=C\C/C=C\C/C=C\C/C=C\CCC(=O)NCCCC[C@H](NC(=O)/C=C/C=O)C(=O)O. The van der Waals surface area contributed by atoms with Gasteiger partial charge in [-0.25, -0.2) is 4.79 Å². The van der Waals surface area contributed by atoms with E-state index in [2.05, 4.69) is 78.3 Å². The molecule has 214 valence electrons. The Morgan fingerprint density at radius 3 is 1.74 bits per heavy atom. The van der Waals surface area contributed by atoms with Gasteiger partial charge in [-0.15, -0.1) is 0 Å². The molecular formula is C32H46N2O5. The zero-order valence-corrected chi connectivity index (χ0v) is 23.3. The summed E-state index contributed by atoms with van der Waals surface area (Å²) < 4.78 is 0. The number of aldehydes is 1. The van der Waals surface area contributed by atoms with Gasteiger partial charge in [0.2, 0.25) is 11.8 Å². The van der Waals surface area contributed by atoms with Crippen LogP contribution in [0.15, 0.2) is 85.1 Å². The lowest BCUT2D eigenvalue weighted by molar-refractivity contribution is -0.141. The molecule has 0 heterocycles. The maximum absolute atomic E-state index is 11.9. The number of nitrogens with one attached hydrogen (secondary N) is 2. The normalized spacial score (nSPS) is 13.2. The van der Waals surface area contributed by atoms with Crippen LogP contribution < -0.4 is 10.6 Å². The highest BCUT2D eigenvalue weighted by molar-refractivity contribution is 5.93. The molecule has 0 saturated carbocycles. The summed E-state index contributed by atoms with van der Waals surface area (Å²) in [7, 11) is 0. The number of carbonyl (C=O) groups excluding carboxylic acids is 3. The third kappa shape index (κ3) is 25.7. The number of carbonyl (C=O) groups is 4. The van der Waals surface area contributed by atoms with Crippen molar-refractivity contribution in [2.24, 2.45) is 0 Å². The highest BCUT2D eigenvalue weighted by Crippen LogP contribution is 2.02.